The Kier molecular flexibility index (Phi) is 4.47. The molecule has 0 amide bonds. The molecular weight excluding hydrogens is 302 g/mol. The van der Waals surface area contributed by atoms with Gasteiger partial charge in [0.05, 0.1) is 43.2 Å². The zero-order chi connectivity index (χ0) is 17.5. The number of hydrogen-bond acceptors (Lipinski definition) is 3. The lowest BCUT2D eigenvalue weighted by Gasteiger charge is -2.53. The van der Waals surface area contributed by atoms with Crippen molar-refractivity contribution in [2.75, 3.05) is 13.7 Å². The highest BCUT2D eigenvalue weighted by molar-refractivity contribution is 5.80. The Bertz CT molecular complexity index is 586. The van der Waals surface area contributed by atoms with Crippen LogP contribution in [-0.2, 0) is 10.2 Å². The summed E-state index contributed by atoms with van der Waals surface area (Å²) in [7, 11) is 2.32. The molecule has 2 bridgehead atoms. The monoisotopic (exact) mass is 331 g/mol. The maximum absolute atomic E-state index is 12.2. The molecule has 1 aromatic rings. The fraction of sp³-hybridized carbons (Fsp3) is 0.650. The fourth-order valence-corrected chi connectivity index (χ4v) is 5.47. The van der Waals surface area contributed by atoms with Gasteiger partial charge in [0.15, 0.2) is 0 Å². The van der Waals surface area contributed by atoms with Crippen molar-refractivity contribution in [2.45, 2.75) is 63.1 Å². The number of fused-ring (bicyclic) bond motifs is 2. The highest BCUT2D eigenvalue weighted by Crippen LogP contribution is 2.50. The number of carbonyl (C=O) groups is 1. The molecule has 0 aromatic heterocycles. The van der Waals surface area contributed by atoms with E-state index in [0.29, 0.717) is 23.7 Å². The van der Waals surface area contributed by atoms with Gasteiger partial charge in [-0.25, -0.2) is 0 Å². The number of nitrogens with zero attached hydrogens (tertiary/aromatic N) is 1. The van der Waals surface area contributed by atoms with Gasteiger partial charge in [0.2, 0.25) is 0 Å². The van der Waals surface area contributed by atoms with Crippen molar-refractivity contribution in [2.24, 2.45) is 5.92 Å². The van der Waals surface area contributed by atoms with E-state index in [2.05, 4.69) is 20.9 Å². The van der Waals surface area contributed by atoms with Crippen LogP contribution in [0.5, 0.6) is 0 Å². The molecule has 2 heterocycles. The summed E-state index contributed by atoms with van der Waals surface area (Å²) in [6, 6.07) is 10.7. The van der Waals surface area contributed by atoms with Crippen molar-refractivity contribution < 1.29 is 19.5 Å². The van der Waals surface area contributed by atoms with Gasteiger partial charge < -0.3 is 19.5 Å². The average molecular weight is 331 g/mol. The Balaban J connectivity index is 1.99. The first kappa shape index (κ1) is 17.4. The third-order valence-corrected chi connectivity index (χ3v) is 7.23. The molecule has 4 heteroatoms. The van der Waals surface area contributed by atoms with Crippen LogP contribution >= 0.6 is 0 Å². The topological polar surface area (TPSA) is 60.4 Å². The highest BCUT2D eigenvalue weighted by Gasteiger charge is 2.57. The Morgan fingerprint density at radius 3 is 2.21 bits per heavy atom. The van der Waals surface area contributed by atoms with Crippen LogP contribution in [0.4, 0.5) is 0 Å². The van der Waals surface area contributed by atoms with Crippen molar-refractivity contribution in [1.29, 1.82) is 0 Å². The summed E-state index contributed by atoms with van der Waals surface area (Å²) in [6.45, 7) is 4.14. The first-order valence-electron chi connectivity index (χ1n) is 9.10. The fourth-order valence-electron chi connectivity index (χ4n) is 5.47. The quantitative estimate of drug-likeness (QED) is 0.831. The normalized spacial score (nSPS) is 35.0. The van der Waals surface area contributed by atoms with E-state index < -0.39 is 18.0 Å². The van der Waals surface area contributed by atoms with E-state index in [1.165, 1.54) is 0 Å². The maximum Gasteiger partial charge on any atom is 0.0897 e. The first-order valence-corrected chi connectivity index (χ1v) is 9.10. The molecule has 3 rings (SSSR count). The number of rotatable bonds is 5. The molecule has 2 fully saturated rings. The molecule has 2 aliphatic heterocycles. The van der Waals surface area contributed by atoms with Crippen LogP contribution in [0.3, 0.4) is 0 Å². The number of quaternary nitrogens is 1. The lowest BCUT2D eigenvalue weighted by Crippen LogP contribution is -2.65. The molecule has 4 nitrogen and oxygen atoms in total. The minimum Gasteiger partial charge on any atom is -0.549 e. The number of piperidine rings is 1. The summed E-state index contributed by atoms with van der Waals surface area (Å²) in [5.41, 5.74) is -0.609. The molecule has 1 unspecified atom stereocenters. The van der Waals surface area contributed by atoms with Crippen molar-refractivity contribution in [3.8, 4) is 0 Å². The Labute approximate surface area is 144 Å². The molecule has 0 spiro atoms. The van der Waals surface area contributed by atoms with Crippen molar-refractivity contribution in [3.63, 3.8) is 0 Å². The Morgan fingerprint density at radius 1 is 1.25 bits per heavy atom. The lowest BCUT2D eigenvalue weighted by atomic mass is 9.65. The van der Waals surface area contributed by atoms with Gasteiger partial charge in [-0.3, -0.25) is 0 Å². The van der Waals surface area contributed by atoms with Crippen LogP contribution in [0.25, 0.3) is 0 Å². The third-order valence-electron chi connectivity index (χ3n) is 7.23. The lowest BCUT2D eigenvalue weighted by molar-refractivity contribution is -0.968. The van der Waals surface area contributed by atoms with Gasteiger partial charge >= 0.3 is 0 Å². The van der Waals surface area contributed by atoms with Gasteiger partial charge in [-0.05, 0) is 25.3 Å². The number of carboxylic acid groups (broad SMARTS) is 1. The van der Waals surface area contributed by atoms with E-state index in [1.807, 2.05) is 30.3 Å². The number of aliphatic hydroxyl groups excluding tert-OH is 1. The van der Waals surface area contributed by atoms with Crippen LogP contribution in [0.2, 0.25) is 0 Å². The maximum atomic E-state index is 12.2. The van der Waals surface area contributed by atoms with Crippen LogP contribution < -0.4 is 5.11 Å². The highest BCUT2D eigenvalue weighted by atomic mass is 16.4. The molecular formula is C20H29NO3. The summed E-state index contributed by atoms with van der Waals surface area (Å²) in [5, 5.41) is 22.4. The van der Waals surface area contributed by atoms with Gasteiger partial charge in [-0.1, -0.05) is 30.3 Å². The zero-order valence-electron chi connectivity index (χ0n) is 14.9. The van der Waals surface area contributed by atoms with E-state index in [0.717, 1.165) is 30.2 Å². The molecule has 24 heavy (non-hydrogen) atoms. The molecule has 1 aromatic carbocycles. The summed E-state index contributed by atoms with van der Waals surface area (Å²) < 4.78 is 1.04. The summed E-state index contributed by atoms with van der Waals surface area (Å²) >= 11 is 0. The Morgan fingerprint density at radius 2 is 1.79 bits per heavy atom. The van der Waals surface area contributed by atoms with E-state index >= 15 is 0 Å². The van der Waals surface area contributed by atoms with Gasteiger partial charge in [0.1, 0.15) is 0 Å². The second-order valence-electron chi connectivity index (χ2n) is 8.15. The summed E-state index contributed by atoms with van der Waals surface area (Å²) in [4.78, 5) is 12.2. The molecule has 2 aliphatic rings. The molecule has 0 saturated carbocycles. The van der Waals surface area contributed by atoms with E-state index in [1.54, 1.807) is 0 Å². The summed E-state index contributed by atoms with van der Waals surface area (Å²) in [5.74, 6) is -1.21. The molecule has 2 saturated heterocycles. The SMILES string of the molecule is CC(C)[N+]1(C)[C@@H]2CC[C@@H]1CC(C(CO)(C(=O)[O-])c1ccccc1)C2. The van der Waals surface area contributed by atoms with Gasteiger partial charge in [0.25, 0.3) is 0 Å². The van der Waals surface area contributed by atoms with Crippen LogP contribution in [0.15, 0.2) is 30.3 Å². The molecule has 0 radical (unpaired) electrons. The number of carbonyl (C=O) groups excluding carboxylic acids is 1. The zero-order valence-corrected chi connectivity index (χ0v) is 14.9. The number of carboxylic acids is 1. The van der Waals surface area contributed by atoms with E-state index in [9.17, 15) is 15.0 Å². The second-order valence-corrected chi connectivity index (χ2v) is 8.15. The second kappa shape index (κ2) is 6.16. The van der Waals surface area contributed by atoms with Gasteiger partial charge in [-0.15, -0.1) is 0 Å². The summed E-state index contributed by atoms with van der Waals surface area (Å²) in [6.07, 6.45) is 3.99. The smallest absolute Gasteiger partial charge is 0.0897 e. The van der Waals surface area contributed by atoms with Crippen molar-refractivity contribution >= 4 is 5.97 Å². The van der Waals surface area contributed by atoms with Crippen LogP contribution in [0, 0.1) is 5.92 Å². The third kappa shape index (κ3) is 2.31. The average Bonchev–Trinajstić information content (AvgIpc) is 2.75. The first-order chi connectivity index (χ1) is 11.4. The van der Waals surface area contributed by atoms with Gasteiger partial charge in [-0.2, -0.15) is 0 Å². The van der Waals surface area contributed by atoms with Gasteiger partial charge in [0, 0.05) is 25.7 Å². The van der Waals surface area contributed by atoms with Crippen LogP contribution in [0.1, 0.15) is 45.1 Å². The number of benzene rings is 1. The number of hydrogen-bond donors (Lipinski definition) is 1. The van der Waals surface area contributed by atoms with Crippen molar-refractivity contribution in [3.05, 3.63) is 35.9 Å². The standard InChI is InChI=1S/C20H29NO3/c1-14(2)21(3)17-9-10-18(21)12-16(11-17)20(13-22,19(23)24)15-7-5-4-6-8-15/h4-8,14,16-18,22H,9-13H2,1-3H3/t16?,17-,18-,20?,21?/m1/s1. The van der Waals surface area contributed by atoms with E-state index in [4.69, 9.17) is 0 Å². The number of aliphatic hydroxyl groups is 1. The molecule has 1 N–H and O–H groups in total. The molecule has 0 aliphatic carbocycles. The van der Waals surface area contributed by atoms with Crippen LogP contribution in [-0.4, -0.2) is 47.3 Å². The Hall–Kier alpha value is -1.39. The predicted octanol–water partition coefficient (Wildman–Crippen LogP) is 1.46. The van der Waals surface area contributed by atoms with E-state index in [-0.39, 0.29) is 5.92 Å². The molecule has 3 atom stereocenters. The number of aliphatic carboxylic acids is 1. The predicted molar refractivity (Wildman–Crippen MR) is 91.1 cm³/mol. The largest absolute Gasteiger partial charge is 0.549 e. The molecule has 132 valence electrons. The minimum atomic E-state index is -1.29. The minimum absolute atomic E-state index is 0.0719. The van der Waals surface area contributed by atoms with Crippen molar-refractivity contribution in [1.82, 2.24) is 0 Å².